The number of amides is 3. The Morgan fingerprint density at radius 2 is 1.58 bits per heavy atom. The lowest BCUT2D eigenvalue weighted by atomic mass is 9.95. The number of likely N-dealkylation sites (tertiary alicyclic amines) is 2. The van der Waals surface area contributed by atoms with E-state index in [1.54, 1.807) is 0 Å². The van der Waals surface area contributed by atoms with Gasteiger partial charge in [-0.2, -0.15) is 0 Å². The Bertz CT molecular complexity index is 466. The van der Waals surface area contributed by atoms with E-state index in [0.29, 0.717) is 32.4 Å². The van der Waals surface area contributed by atoms with Crippen LogP contribution in [0.1, 0.15) is 46.0 Å². The summed E-state index contributed by atoms with van der Waals surface area (Å²) in [6.07, 6.45) is 3.75. The van der Waals surface area contributed by atoms with Crippen LogP contribution in [0.5, 0.6) is 0 Å². The molecule has 0 bridgehead atoms. The van der Waals surface area contributed by atoms with Crippen LogP contribution in [0, 0.1) is 11.8 Å². The summed E-state index contributed by atoms with van der Waals surface area (Å²) in [5.74, 6) is -1.19. The van der Waals surface area contributed by atoms with Gasteiger partial charge < -0.3 is 20.2 Å². The molecule has 24 heavy (non-hydrogen) atoms. The Balaban J connectivity index is 1.81. The Hall–Kier alpha value is -1.79. The van der Waals surface area contributed by atoms with E-state index in [9.17, 15) is 19.5 Å². The van der Waals surface area contributed by atoms with Crippen LogP contribution in [0.2, 0.25) is 0 Å². The van der Waals surface area contributed by atoms with Gasteiger partial charge in [-0.05, 0) is 38.0 Å². The van der Waals surface area contributed by atoms with Gasteiger partial charge in [0.25, 0.3) is 0 Å². The molecular weight excluding hydrogens is 310 g/mol. The van der Waals surface area contributed by atoms with Crippen molar-refractivity contribution in [3.8, 4) is 0 Å². The van der Waals surface area contributed by atoms with Crippen molar-refractivity contribution in [2.75, 3.05) is 26.2 Å². The van der Waals surface area contributed by atoms with Crippen LogP contribution in [-0.4, -0.2) is 65.0 Å². The average Bonchev–Trinajstić information content (AvgIpc) is 3.07. The zero-order valence-corrected chi connectivity index (χ0v) is 14.7. The van der Waals surface area contributed by atoms with E-state index >= 15 is 0 Å². The zero-order valence-electron chi connectivity index (χ0n) is 14.7. The predicted molar refractivity (Wildman–Crippen MR) is 89.5 cm³/mol. The van der Waals surface area contributed by atoms with Gasteiger partial charge in [-0.15, -0.1) is 0 Å². The van der Waals surface area contributed by atoms with E-state index in [1.165, 1.54) is 0 Å². The second-order valence-electron chi connectivity index (χ2n) is 7.27. The molecule has 136 valence electrons. The van der Waals surface area contributed by atoms with Gasteiger partial charge in [0.2, 0.25) is 5.91 Å². The molecule has 0 unspecified atom stereocenters. The molecule has 1 atom stereocenters. The fourth-order valence-corrected chi connectivity index (χ4v) is 3.42. The second kappa shape index (κ2) is 8.35. The number of carboxylic acids is 1. The van der Waals surface area contributed by atoms with Crippen molar-refractivity contribution in [3.05, 3.63) is 0 Å². The molecule has 0 saturated carbocycles. The van der Waals surface area contributed by atoms with Crippen LogP contribution < -0.4 is 5.32 Å². The highest BCUT2D eigenvalue weighted by Crippen LogP contribution is 2.20. The summed E-state index contributed by atoms with van der Waals surface area (Å²) in [6, 6.07) is -0.753. The summed E-state index contributed by atoms with van der Waals surface area (Å²) in [4.78, 5) is 39.6. The Morgan fingerprint density at radius 3 is 2.08 bits per heavy atom. The standard InChI is InChI=1S/C17H29N3O4/c1-12(2)11-14(16(22)23)18-15(21)13-5-9-20(10-6-13)17(24)19-7-3-4-8-19/h12-14H,3-11H2,1-2H3,(H,18,21)(H,22,23)/t14-/m1/s1. The van der Waals surface area contributed by atoms with Crippen molar-refractivity contribution in [2.45, 2.75) is 52.0 Å². The number of hydrogen-bond donors (Lipinski definition) is 2. The average molecular weight is 339 g/mol. The smallest absolute Gasteiger partial charge is 0.326 e. The lowest BCUT2D eigenvalue weighted by Gasteiger charge is -2.34. The summed E-state index contributed by atoms with van der Waals surface area (Å²) < 4.78 is 0. The molecule has 0 aliphatic carbocycles. The summed E-state index contributed by atoms with van der Waals surface area (Å²) >= 11 is 0. The van der Waals surface area contributed by atoms with Gasteiger partial charge in [-0.3, -0.25) is 4.79 Å². The topological polar surface area (TPSA) is 90.0 Å². The number of rotatable bonds is 5. The molecule has 0 spiro atoms. The van der Waals surface area contributed by atoms with E-state index in [2.05, 4.69) is 5.32 Å². The summed E-state index contributed by atoms with van der Waals surface area (Å²) in [5, 5.41) is 11.9. The molecule has 0 aromatic carbocycles. The number of carbonyl (C=O) groups excluding carboxylic acids is 2. The minimum absolute atomic E-state index is 0.0783. The number of aliphatic carboxylic acids is 1. The van der Waals surface area contributed by atoms with Crippen LogP contribution in [0.4, 0.5) is 4.79 Å². The first-order chi connectivity index (χ1) is 11.4. The number of hydrogen-bond acceptors (Lipinski definition) is 3. The van der Waals surface area contributed by atoms with Crippen molar-refractivity contribution in [2.24, 2.45) is 11.8 Å². The molecule has 7 heteroatoms. The van der Waals surface area contributed by atoms with Crippen molar-refractivity contribution in [1.82, 2.24) is 15.1 Å². The van der Waals surface area contributed by atoms with Crippen molar-refractivity contribution in [1.29, 1.82) is 0 Å². The van der Waals surface area contributed by atoms with Crippen LogP contribution in [0.15, 0.2) is 0 Å². The number of nitrogens with one attached hydrogen (secondary N) is 1. The van der Waals surface area contributed by atoms with Gasteiger partial charge >= 0.3 is 12.0 Å². The second-order valence-corrected chi connectivity index (χ2v) is 7.27. The van der Waals surface area contributed by atoms with Crippen molar-refractivity contribution in [3.63, 3.8) is 0 Å². The molecule has 3 amide bonds. The van der Waals surface area contributed by atoms with Gasteiger partial charge in [-0.1, -0.05) is 13.8 Å². The van der Waals surface area contributed by atoms with Crippen LogP contribution >= 0.6 is 0 Å². The minimum Gasteiger partial charge on any atom is -0.480 e. The monoisotopic (exact) mass is 339 g/mol. The van der Waals surface area contributed by atoms with Crippen LogP contribution in [0.25, 0.3) is 0 Å². The van der Waals surface area contributed by atoms with E-state index < -0.39 is 12.0 Å². The molecule has 2 fully saturated rings. The highest BCUT2D eigenvalue weighted by molar-refractivity contribution is 5.85. The maximum absolute atomic E-state index is 12.3. The Morgan fingerprint density at radius 1 is 1.04 bits per heavy atom. The third kappa shape index (κ3) is 4.85. The molecule has 2 N–H and O–H groups in total. The molecule has 0 radical (unpaired) electrons. The number of urea groups is 1. The molecule has 2 rings (SSSR count). The highest BCUT2D eigenvalue weighted by atomic mass is 16.4. The van der Waals surface area contributed by atoms with E-state index in [1.807, 2.05) is 23.6 Å². The number of nitrogens with zero attached hydrogens (tertiary/aromatic N) is 2. The largest absolute Gasteiger partial charge is 0.480 e. The molecule has 0 aromatic heterocycles. The van der Waals surface area contributed by atoms with Crippen LogP contribution in [-0.2, 0) is 9.59 Å². The molecule has 2 heterocycles. The maximum atomic E-state index is 12.3. The predicted octanol–water partition coefficient (Wildman–Crippen LogP) is 1.53. The Kier molecular flexibility index (Phi) is 6.45. The number of carboxylic acid groups (broad SMARTS) is 1. The molecule has 2 aliphatic rings. The van der Waals surface area contributed by atoms with Gasteiger partial charge in [-0.25, -0.2) is 9.59 Å². The first kappa shape index (κ1) is 18.5. The highest BCUT2D eigenvalue weighted by Gasteiger charge is 2.32. The number of carbonyl (C=O) groups is 3. The fourth-order valence-electron chi connectivity index (χ4n) is 3.42. The third-order valence-corrected chi connectivity index (χ3v) is 4.83. The van der Waals surface area contributed by atoms with E-state index in [0.717, 1.165) is 25.9 Å². The summed E-state index contributed by atoms with van der Waals surface area (Å²) in [7, 11) is 0. The van der Waals surface area contributed by atoms with Crippen molar-refractivity contribution < 1.29 is 19.5 Å². The first-order valence-corrected chi connectivity index (χ1v) is 8.95. The molecule has 0 aromatic rings. The van der Waals surface area contributed by atoms with Gasteiger partial charge in [0.15, 0.2) is 0 Å². The lowest BCUT2D eigenvalue weighted by Crippen LogP contribution is -2.50. The molecule has 2 saturated heterocycles. The SMILES string of the molecule is CC(C)C[C@@H](NC(=O)C1CCN(C(=O)N2CCCC2)CC1)C(=O)O. The normalized spacial score (nSPS) is 20.3. The van der Waals surface area contributed by atoms with Crippen LogP contribution in [0.3, 0.4) is 0 Å². The zero-order chi connectivity index (χ0) is 17.7. The molecule has 2 aliphatic heterocycles. The first-order valence-electron chi connectivity index (χ1n) is 8.95. The Labute approximate surface area is 143 Å². The van der Waals surface area contributed by atoms with E-state index in [-0.39, 0.29) is 23.8 Å². The number of piperidine rings is 1. The minimum atomic E-state index is -0.987. The maximum Gasteiger partial charge on any atom is 0.326 e. The fraction of sp³-hybridized carbons (Fsp3) is 0.824. The quantitative estimate of drug-likeness (QED) is 0.795. The summed E-state index contributed by atoms with van der Waals surface area (Å²) in [6.45, 7) is 6.66. The lowest BCUT2D eigenvalue weighted by molar-refractivity contribution is -0.143. The van der Waals surface area contributed by atoms with Gasteiger partial charge in [0.1, 0.15) is 6.04 Å². The van der Waals surface area contributed by atoms with E-state index in [4.69, 9.17) is 0 Å². The summed E-state index contributed by atoms with van der Waals surface area (Å²) in [5.41, 5.74) is 0. The molecule has 7 nitrogen and oxygen atoms in total. The van der Waals surface area contributed by atoms with Gasteiger partial charge in [0, 0.05) is 32.1 Å². The molecular formula is C17H29N3O4. The van der Waals surface area contributed by atoms with Gasteiger partial charge in [0.05, 0.1) is 0 Å². The third-order valence-electron chi connectivity index (χ3n) is 4.83. The van der Waals surface area contributed by atoms with Crippen molar-refractivity contribution >= 4 is 17.9 Å².